The number of ether oxygens (including phenoxy) is 1. The topological polar surface area (TPSA) is 106 Å². The maximum atomic E-state index is 11.4. The van der Waals surface area contributed by atoms with Crippen LogP contribution < -0.4 is 16.4 Å². The Morgan fingerprint density at radius 3 is 2.83 bits per heavy atom. The number of nitrogens with one attached hydrogen (secondary N) is 2. The predicted molar refractivity (Wildman–Crippen MR) is 67.2 cm³/mol. The van der Waals surface area contributed by atoms with Crippen LogP contribution in [0.1, 0.15) is 17.3 Å². The van der Waals surface area contributed by atoms with Crippen molar-refractivity contribution in [1.29, 1.82) is 0 Å². The van der Waals surface area contributed by atoms with E-state index in [9.17, 15) is 9.59 Å². The molecule has 0 atom stereocenters. The smallest absolute Gasteiger partial charge is 0.340 e. The largest absolute Gasteiger partial charge is 0.465 e. The second-order valence-corrected chi connectivity index (χ2v) is 3.42. The number of rotatable bonds is 5. The van der Waals surface area contributed by atoms with Crippen molar-refractivity contribution in [2.45, 2.75) is 6.92 Å². The predicted octanol–water partition coefficient (Wildman–Crippen LogP) is -0.00160. The zero-order valence-electron chi connectivity index (χ0n) is 10.3. The molecule has 0 aliphatic rings. The van der Waals surface area contributed by atoms with E-state index in [1.165, 1.54) is 19.4 Å². The number of nitrogens with two attached hydrogens (primary N) is 1. The molecule has 7 nitrogen and oxygen atoms in total. The fraction of sp³-hybridized carbons (Fsp3) is 0.364. The van der Waals surface area contributed by atoms with E-state index in [-0.39, 0.29) is 29.5 Å². The number of anilines is 2. The van der Waals surface area contributed by atoms with Crippen molar-refractivity contribution >= 4 is 23.4 Å². The van der Waals surface area contributed by atoms with Gasteiger partial charge in [0.2, 0.25) is 5.91 Å². The molecule has 7 heteroatoms. The minimum Gasteiger partial charge on any atom is -0.465 e. The molecule has 0 bridgehead atoms. The first-order valence-corrected chi connectivity index (χ1v) is 5.43. The molecular weight excluding hydrogens is 236 g/mol. The molecule has 0 aromatic carbocycles. The lowest BCUT2D eigenvalue weighted by molar-refractivity contribution is -0.119. The molecule has 1 rings (SSSR count). The Morgan fingerprint density at radius 1 is 1.50 bits per heavy atom. The fourth-order valence-corrected chi connectivity index (χ4v) is 1.33. The SMILES string of the molecule is CCNC(=O)CNc1nccc(C(=O)OC)c1N. The second-order valence-electron chi connectivity index (χ2n) is 3.42. The first-order valence-electron chi connectivity index (χ1n) is 5.43. The van der Waals surface area contributed by atoms with Gasteiger partial charge in [0.1, 0.15) is 5.82 Å². The van der Waals surface area contributed by atoms with Gasteiger partial charge >= 0.3 is 5.97 Å². The molecule has 1 aromatic rings. The Balaban J connectivity index is 2.78. The molecule has 98 valence electrons. The Labute approximate surface area is 105 Å². The van der Waals surface area contributed by atoms with Gasteiger partial charge in [0.25, 0.3) is 0 Å². The van der Waals surface area contributed by atoms with Gasteiger partial charge in [-0.1, -0.05) is 0 Å². The third-order valence-corrected chi connectivity index (χ3v) is 2.19. The number of carbonyl (C=O) groups excluding carboxylic acids is 2. The molecule has 0 aliphatic carbocycles. The highest BCUT2D eigenvalue weighted by molar-refractivity contribution is 5.97. The van der Waals surface area contributed by atoms with E-state index < -0.39 is 5.97 Å². The monoisotopic (exact) mass is 252 g/mol. The maximum Gasteiger partial charge on any atom is 0.340 e. The molecule has 0 fully saturated rings. The minimum absolute atomic E-state index is 0.0374. The van der Waals surface area contributed by atoms with Crippen molar-refractivity contribution in [2.75, 3.05) is 31.2 Å². The van der Waals surface area contributed by atoms with Crippen LogP contribution in [0, 0.1) is 0 Å². The molecule has 4 N–H and O–H groups in total. The van der Waals surface area contributed by atoms with Gasteiger partial charge in [-0.15, -0.1) is 0 Å². The molecule has 18 heavy (non-hydrogen) atoms. The summed E-state index contributed by atoms with van der Waals surface area (Å²) in [6.07, 6.45) is 1.42. The summed E-state index contributed by atoms with van der Waals surface area (Å²) in [5.41, 5.74) is 6.14. The number of nitrogens with zero attached hydrogens (tertiary/aromatic N) is 1. The van der Waals surface area contributed by atoms with Crippen LogP contribution in [0.3, 0.4) is 0 Å². The van der Waals surface area contributed by atoms with Crippen molar-refractivity contribution in [1.82, 2.24) is 10.3 Å². The van der Waals surface area contributed by atoms with Gasteiger partial charge in [0.05, 0.1) is 24.9 Å². The number of hydrogen-bond acceptors (Lipinski definition) is 6. The van der Waals surface area contributed by atoms with Crippen LogP contribution in [0.5, 0.6) is 0 Å². The van der Waals surface area contributed by atoms with E-state index >= 15 is 0 Å². The number of pyridine rings is 1. The summed E-state index contributed by atoms with van der Waals surface area (Å²) in [4.78, 5) is 26.6. The quantitative estimate of drug-likeness (QED) is 0.637. The van der Waals surface area contributed by atoms with E-state index in [0.29, 0.717) is 6.54 Å². The van der Waals surface area contributed by atoms with Crippen molar-refractivity contribution in [2.24, 2.45) is 0 Å². The van der Waals surface area contributed by atoms with Gasteiger partial charge in [-0.2, -0.15) is 0 Å². The summed E-state index contributed by atoms with van der Waals surface area (Å²) in [5.74, 6) is -0.442. The Bertz CT molecular complexity index is 448. The van der Waals surface area contributed by atoms with Crippen molar-refractivity contribution < 1.29 is 14.3 Å². The molecule has 0 aliphatic heterocycles. The molecule has 1 heterocycles. The van der Waals surface area contributed by atoms with Crippen molar-refractivity contribution in [3.05, 3.63) is 17.8 Å². The summed E-state index contributed by atoms with van der Waals surface area (Å²) >= 11 is 0. The standard InChI is InChI=1S/C11H16N4O3/c1-3-13-8(16)6-15-10-9(12)7(4-5-14-10)11(17)18-2/h4-5H,3,6,12H2,1-2H3,(H,13,16)(H,14,15). The molecule has 0 spiro atoms. The summed E-state index contributed by atoms with van der Waals surface area (Å²) in [5, 5.41) is 5.38. The number of hydrogen-bond donors (Lipinski definition) is 3. The Kier molecular flexibility index (Phi) is 4.91. The van der Waals surface area contributed by atoms with E-state index in [2.05, 4.69) is 20.4 Å². The number of methoxy groups -OCH3 is 1. The molecule has 0 saturated carbocycles. The highest BCUT2D eigenvalue weighted by Crippen LogP contribution is 2.20. The second kappa shape index (κ2) is 6.43. The molecule has 0 radical (unpaired) electrons. The molecule has 0 saturated heterocycles. The summed E-state index contributed by atoms with van der Waals surface area (Å²) in [6, 6.07) is 1.46. The van der Waals surface area contributed by atoms with Crippen LogP contribution in [-0.2, 0) is 9.53 Å². The van der Waals surface area contributed by atoms with E-state index in [1.54, 1.807) is 0 Å². The fourth-order valence-electron chi connectivity index (χ4n) is 1.33. The number of carbonyl (C=O) groups is 2. The summed E-state index contributed by atoms with van der Waals surface area (Å²) < 4.78 is 4.58. The Morgan fingerprint density at radius 2 is 2.22 bits per heavy atom. The highest BCUT2D eigenvalue weighted by atomic mass is 16.5. The number of nitrogen functional groups attached to an aromatic ring is 1. The number of aromatic nitrogens is 1. The maximum absolute atomic E-state index is 11.4. The lowest BCUT2D eigenvalue weighted by atomic mass is 10.2. The van der Waals surface area contributed by atoms with Crippen LogP contribution in [0.15, 0.2) is 12.3 Å². The number of esters is 1. The molecule has 0 unspecified atom stereocenters. The number of amides is 1. The van der Waals surface area contributed by atoms with E-state index in [1.807, 2.05) is 6.92 Å². The van der Waals surface area contributed by atoms with E-state index in [0.717, 1.165) is 0 Å². The van der Waals surface area contributed by atoms with Crippen LogP contribution >= 0.6 is 0 Å². The van der Waals surface area contributed by atoms with Crippen LogP contribution in [-0.4, -0.2) is 37.1 Å². The van der Waals surface area contributed by atoms with E-state index in [4.69, 9.17) is 5.73 Å². The third-order valence-electron chi connectivity index (χ3n) is 2.19. The first kappa shape index (κ1) is 13.8. The molecule has 1 amide bonds. The zero-order valence-corrected chi connectivity index (χ0v) is 10.3. The Hall–Kier alpha value is -2.31. The lowest BCUT2D eigenvalue weighted by Gasteiger charge is -2.10. The average Bonchev–Trinajstić information content (AvgIpc) is 2.37. The normalized spacial score (nSPS) is 9.67. The number of likely N-dealkylation sites (N-methyl/N-ethyl adjacent to an activating group) is 1. The minimum atomic E-state index is -0.545. The van der Waals surface area contributed by atoms with Crippen molar-refractivity contribution in [3.8, 4) is 0 Å². The van der Waals surface area contributed by atoms with Crippen LogP contribution in [0.4, 0.5) is 11.5 Å². The van der Waals surface area contributed by atoms with Gasteiger partial charge in [0.15, 0.2) is 0 Å². The highest BCUT2D eigenvalue weighted by Gasteiger charge is 2.14. The van der Waals surface area contributed by atoms with Gasteiger partial charge < -0.3 is 21.1 Å². The zero-order chi connectivity index (χ0) is 13.5. The average molecular weight is 252 g/mol. The van der Waals surface area contributed by atoms with Gasteiger partial charge in [-0.05, 0) is 13.0 Å². The lowest BCUT2D eigenvalue weighted by Crippen LogP contribution is -2.30. The van der Waals surface area contributed by atoms with Gasteiger partial charge in [-0.25, -0.2) is 9.78 Å². The third kappa shape index (κ3) is 3.34. The first-order chi connectivity index (χ1) is 8.60. The molecular formula is C11H16N4O3. The van der Waals surface area contributed by atoms with Gasteiger partial charge in [-0.3, -0.25) is 4.79 Å². The van der Waals surface area contributed by atoms with Crippen LogP contribution in [0.25, 0.3) is 0 Å². The summed E-state index contributed by atoms with van der Waals surface area (Å²) in [6.45, 7) is 2.41. The molecule has 1 aromatic heterocycles. The summed E-state index contributed by atoms with van der Waals surface area (Å²) in [7, 11) is 1.27. The van der Waals surface area contributed by atoms with Gasteiger partial charge in [0, 0.05) is 12.7 Å². The van der Waals surface area contributed by atoms with Crippen molar-refractivity contribution in [3.63, 3.8) is 0 Å². The van der Waals surface area contributed by atoms with Crippen LogP contribution in [0.2, 0.25) is 0 Å².